The molecule has 2 rings (SSSR count). The molecule has 4 heteroatoms. The van der Waals surface area contributed by atoms with Gasteiger partial charge in [-0.25, -0.2) is 0 Å². The third-order valence-corrected chi connectivity index (χ3v) is 3.80. The zero-order chi connectivity index (χ0) is 14.2. The second kappa shape index (κ2) is 7.88. The Kier molecular flexibility index (Phi) is 5.85. The molecule has 0 unspecified atom stereocenters. The summed E-state index contributed by atoms with van der Waals surface area (Å²) in [6.07, 6.45) is 1.22. The summed E-state index contributed by atoms with van der Waals surface area (Å²) in [5.41, 5.74) is 0.612. The number of hydrogen-bond acceptors (Lipinski definition) is 4. The SMILES string of the molecule is CCN1CCCN(CCOc2ccccc2C#N)CC1. The number of nitriles is 1. The quantitative estimate of drug-likeness (QED) is 0.822. The maximum absolute atomic E-state index is 9.01. The van der Waals surface area contributed by atoms with Gasteiger partial charge in [-0.1, -0.05) is 19.1 Å². The summed E-state index contributed by atoms with van der Waals surface area (Å²) < 4.78 is 5.75. The molecule has 0 radical (unpaired) electrons. The minimum atomic E-state index is 0.612. The Morgan fingerprint density at radius 2 is 1.90 bits per heavy atom. The summed E-state index contributed by atoms with van der Waals surface area (Å²) in [6, 6.07) is 9.58. The first-order valence-corrected chi connectivity index (χ1v) is 7.40. The van der Waals surface area contributed by atoms with Crippen molar-refractivity contribution in [1.82, 2.24) is 9.80 Å². The van der Waals surface area contributed by atoms with Gasteiger partial charge in [0.1, 0.15) is 18.4 Å². The molecule has 0 spiro atoms. The fourth-order valence-electron chi connectivity index (χ4n) is 2.53. The molecule has 0 saturated carbocycles. The van der Waals surface area contributed by atoms with Crippen molar-refractivity contribution in [2.24, 2.45) is 0 Å². The Hall–Kier alpha value is -1.57. The molecule has 1 heterocycles. The summed E-state index contributed by atoms with van der Waals surface area (Å²) in [4.78, 5) is 4.94. The van der Waals surface area contributed by atoms with Crippen molar-refractivity contribution in [3.8, 4) is 11.8 Å². The van der Waals surface area contributed by atoms with Gasteiger partial charge in [-0.15, -0.1) is 0 Å². The van der Waals surface area contributed by atoms with Crippen LogP contribution in [0.3, 0.4) is 0 Å². The molecular weight excluding hydrogens is 250 g/mol. The highest BCUT2D eigenvalue weighted by Crippen LogP contribution is 2.16. The summed E-state index contributed by atoms with van der Waals surface area (Å²) in [5, 5.41) is 9.01. The highest BCUT2D eigenvalue weighted by molar-refractivity contribution is 5.42. The van der Waals surface area contributed by atoms with Crippen LogP contribution in [-0.2, 0) is 0 Å². The van der Waals surface area contributed by atoms with E-state index in [9.17, 15) is 0 Å². The predicted molar refractivity (Wildman–Crippen MR) is 79.8 cm³/mol. The van der Waals surface area contributed by atoms with Gasteiger partial charge in [0.05, 0.1) is 5.56 Å². The standard InChI is InChI=1S/C16H23N3O/c1-2-18-8-5-9-19(11-10-18)12-13-20-16-7-4-3-6-15(16)14-17/h3-4,6-7H,2,5,8-13H2,1H3. The molecule has 1 aliphatic heterocycles. The van der Waals surface area contributed by atoms with Crippen molar-refractivity contribution in [3.05, 3.63) is 29.8 Å². The lowest BCUT2D eigenvalue weighted by Crippen LogP contribution is -2.33. The lowest BCUT2D eigenvalue weighted by Gasteiger charge is -2.21. The third kappa shape index (κ3) is 4.22. The topological polar surface area (TPSA) is 39.5 Å². The Morgan fingerprint density at radius 3 is 2.70 bits per heavy atom. The maximum Gasteiger partial charge on any atom is 0.137 e. The number of hydrogen-bond donors (Lipinski definition) is 0. The molecule has 1 saturated heterocycles. The molecule has 108 valence electrons. The molecule has 0 aliphatic carbocycles. The maximum atomic E-state index is 9.01. The van der Waals surface area contributed by atoms with E-state index >= 15 is 0 Å². The van der Waals surface area contributed by atoms with Crippen molar-refractivity contribution in [1.29, 1.82) is 5.26 Å². The molecule has 0 atom stereocenters. The Bertz CT molecular complexity index is 455. The summed E-state index contributed by atoms with van der Waals surface area (Å²) in [6.45, 7) is 9.52. The number of para-hydroxylation sites is 1. The van der Waals surface area contributed by atoms with Gasteiger partial charge in [0, 0.05) is 19.6 Å². The molecule has 1 aromatic rings. The summed E-state index contributed by atoms with van der Waals surface area (Å²) >= 11 is 0. The lowest BCUT2D eigenvalue weighted by molar-refractivity contribution is 0.210. The van der Waals surface area contributed by atoms with Gasteiger partial charge in [0.2, 0.25) is 0 Å². The van der Waals surface area contributed by atoms with Gasteiger partial charge >= 0.3 is 0 Å². The van der Waals surface area contributed by atoms with Crippen LogP contribution in [-0.4, -0.2) is 55.7 Å². The van der Waals surface area contributed by atoms with E-state index in [4.69, 9.17) is 10.00 Å². The van der Waals surface area contributed by atoms with E-state index in [2.05, 4.69) is 22.8 Å². The predicted octanol–water partition coefficient (Wildman–Crippen LogP) is 1.96. The Balaban J connectivity index is 1.77. The molecule has 0 bridgehead atoms. The van der Waals surface area contributed by atoms with Crippen molar-refractivity contribution in [2.45, 2.75) is 13.3 Å². The molecule has 0 amide bonds. The monoisotopic (exact) mass is 273 g/mol. The molecule has 0 N–H and O–H groups in total. The number of rotatable bonds is 5. The van der Waals surface area contributed by atoms with Gasteiger partial charge in [-0.3, -0.25) is 4.90 Å². The second-order valence-electron chi connectivity index (χ2n) is 5.09. The van der Waals surface area contributed by atoms with Crippen LogP contribution in [0.1, 0.15) is 18.9 Å². The summed E-state index contributed by atoms with van der Waals surface area (Å²) in [5.74, 6) is 0.694. The molecule has 20 heavy (non-hydrogen) atoms. The first kappa shape index (κ1) is 14.8. The normalized spacial score (nSPS) is 17.4. The second-order valence-corrected chi connectivity index (χ2v) is 5.09. The number of nitrogens with zero attached hydrogens (tertiary/aromatic N) is 3. The first-order valence-electron chi connectivity index (χ1n) is 7.40. The van der Waals surface area contributed by atoms with E-state index in [1.165, 1.54) is 13.0 Å². The lowest BCUT2D eigenvalue weighted by atomic mass is 10.2. The van der Waals surface area contributed by atoms with Crippen LogP contribution in [0.5, 0.6) is 5.75 Å². The van der Waals surface area contributed by atoms with Crippen molar-refractivity contribution >= 4 is 0 Å². The van der Waals surface area contributed by atoms with E-state index in [1.807, 2.05) is 18.2 Å². The van der Waals surface area contributed by atoms with E-state index in [-0.39, 0.29) is 0 Å². The minimum Gasteiger partial charge on any atom is -0.491 e. The van der Waals surface area contributed by atoms with Gasteiger partial charge in [0.25, 0.3) is 0 Å². The minimum absolute atomic E-state index is 0.612. The van der Waals surface area contributed by atoms with E-state index in [1.54, 1.807) is 6.07 Å². The average molecular weight is 273 g/mol. The molecule has 1 fully saturated rings. The number of benzene rings is 1. The smallest absolute Gasteiger partial charge is 0.137 e. The zero-order valence-corrected chi connectivity index (χ0v) is 12.2. The van der Waals surface area contributed by atoms with Gasteiger partial charge in [-0.05, 0) is 38.2 Å². The Labute approximate surface area is 121 Å². The van der Waals surface area contributed by atoms with Crippen LogP contribution in [0.25, 0.3) is 0 Å². The van der Waals surface area contributed by atoms with E-state index in [0.717, 1.165) is 32.7 Å². The van der Waals surface area contributed by atoms with Crippen LogP contribution in [0.4, 0.5) is 0 Å². The molecule has 1 aliphatic rings. The number of ether oxygens (including phenoxy) is 1. The molecule has 4 nitrogen and oxygen atoms in total. The first-order chi connectivity index (χ1) is 9.83. The van der Waals surface area contributed by atoms with Gasteiger partial charge in [-0.2, -0.15) is 5.26 Å². The van der Waals surface area contributed by atoms with Crippen LogP contribution in [0, 0.1) is 11.3 Å². The summed E-state index contributed by atoms with van der Waals surface area (Å²) in [7, 11) is 0. The average Bonchev–Trinajstić information content (AvgIpc) is 2.73. The molecular formula is C16H23N3O. The number of likely N-dealkylation sites (N-methyl/N-ethyl adjacent to an activating group) is 1. The molecule has 0 aromatic heterocycles. The molecule has 1 aromatic carbocycles. The van der Waals surface area contributed by atoms with Gasteiger partial charge in [0.15, 0.2) is 0 Å². The largest absolute Gasteiger partial charge is 0.491 e. The van der Waals surface area contributed by atoms with Crippen molar-refractivity contribution in [3.63, 3.8) is 0 Å². The van der Waals surface area contributed by atoms with Crippen LogP contribution in [0.15, 0.2) is 24.3 Å². The Morgan fingerprint density at radius 1 is 1.15 bits per heavy atom. The van der Waals surface area contributed by atoms with Crippen molar-refractivity contribution < 1.29 is 4.74 Å². The van der Waals surface area contributed by atoms with Crippen LogP contribution in [0.2, 0.25) is 0 Å². The van der Waals surface area contributed by atoms with E-state index < -0.39 is 0 Å². The van der Waals surface area contributed by atoms with Gasteiger partial charge < -0.3 is 9.64 Å². The zero-order valence-electron chi connectivity index (χ0n) is 12.2. The highest BCUT2D eigenvalue weighted by Gasteiger charge is 2.13. The van der Waals surface area contributed by atoms with Crippen LogP contribution >= 0.6 is 0 Å². The third-order valence-electron chi connectivity index (χ3n) is 3.80. The van der Waals surface area contributed by atoms with E-state index in [0.29, 0.717) is 17.9 Å². The van der Waals surface area contributed by atoms with Crippen molar-refractivity contribution in [2.75, 3.05) is 45.9 Å². The van der Waals surface area contributed by atoms with Crippen LogP contribution < -0.4 is 4.74 Å². The fraction of sp³-hybridized carbons (Fsp3) is 0.562. The fourth-order valence-corrected chi connectivity index (χ4v) is 2.53. The highest BCUT2D eigenvalue weighted by atomic mass is 16.5.